The number of benzene rings is 3. The van der Waals surface area contributed by atoms with Crippen molar-refractivity contribution in [3.63, 3.8) is 0 Å². The van der Waals surface area contributed by atoms with Crippen molar-refractivity contribution in [3.8, 4) is 0 Å². The predicted molar refractivity (Wildman–Crippen MR) is 135 cm³/mol. The van der Waals surface area contributed by atoms with Crippen molar-refractivity contribution in [2.24, 2.45) is 0 Å². The number of sulfonamides is 1. The second-order valence-electron chi connectivity index (χ2n) is 7.84. The summed E-state index contributed by atoms with van der Waals surface area (Å²) in [6, 6.07) is 12.4. The van der Waals surface area contributed by atoms with Gasteiger partial charge >= 0.3 is 5.97 Å². The molecule has 36 heavy (non-hydrogen) atoms. The zero-order valence-corrected chi connectivity index (χ0v) is 21.5. The third kappa shape index (κ3) is 7.91. The van der Waals surface area contributed by atoms with Crippen molar-refractivity contribution in [3.05, 3.63) is 98.7 Å². The number of aliphatic carboxylic acids is 1. The maximum Gasteiger partial charge on any atom is 0.326 e. The van der Waals surface area contributed by atoms with E-state index in [1.165, 1.54) is 42.5 Å². The second-order valence-corrected chi connectivity index (χ2v) is 10.9. The lowest BCUT2D eigenvalue weighted by Crippen LogP contribution is -2.53. The monoisotopic (exact) mass is 572 g/mol. The summed E-state index contributed by atoms with van der Waals surface area (Å²) in [5.41, 5.74) is 1.03. The molecule has 190 valence electrons. The number of carbonyl (C=O) groups excluding carboxylic acids is 1. The minimum absolute atomic E-state index is 0.0758. The number of rotatable bonds is 10. The molecule has 3 N–H and O–H groups in total. The van der Waals surface area contributed by atoms with Gasteiger partial charge in [0.25, 0.3) is 0 Å². The number of halogens is 4. The Hall–Kier alpha value is -2.69. The smallest absolute Gasteiger partial charge is 0.326 e. The molecule has 0 fully saturated rings. The van der Waals surface area contributed by atoms with Gasteiger partial charge in [-0.3, -0.25) is 4.79 Å². The number of hydrogen-bond acceptors (Lipinski definition) is 4. The van der Waals surface area contributed by atoms with E-state index in [4.69, 9.17) is 34.8 Å². The Bertz CT molecular complexity index is 1330. The van der Waals surface area contributed by atoms with Gasteiger partial charge in [-0.15, -0.1) is 0 Å². The van der Waals surface area contributed by atoms with Crippen LogP contribution < -0.4 is 10.0 Å². The Morgan fingerprint density at radius 1 is 0.806 bits per heavy atom. The molecule has 3 aromatic carbocycles. The third-order valence-electron chi connectivity index (χ3n) is 5.08. The topological polar surface area (TPSA) is 113 Å². The average Bonchev–Trinajstić information content (AvgIpc) is 2.80. The van der Waals surface area contributed by atoms with Crippen molar-refractivity contribution in [2.45, 2.75) is 29.8 Å². The van der Waals surface area contributed by atoms with Crippen molar-refractivity contribution in [1.82, 2.24) is 10.0 Å². The van der Waals surface area contributed by atoms with Crippen molar-refractivity contribution in [1.29, 1.82) is 0 Å². The highest BCUT2D eigenvalue weighted by molar-refractivity contribution is 7.89. The molecular formula is C24H20Cl3FN2O5S. The van der Waals surface area contributed by atoms with E-state index in [-0.39, 0.29) is 27.8 Å². The number of carbonyl (C=O) groups is 2. The molecular weight excluding hydrogens is 554 g/mol. The fraction of sp³-hybridized carbons (Fsp3) is 0.167. The van der Waals surface area contributed by atoms with Gasteiger partial charge in [0.1, 0.15) is 17.9 Å². The van der Waals surface area contributed by atoms with Crippen molar-refractivity contribution < 1.29 is 27.5 Å². The van der Waals surface area contributed by atoms with Crippen LogP contribution in [0.5, 0.6) is 0 Å². The molecule has 0 spiro atoms. The first-order valence-electron chi connectivity index (χ1n) is 10.4. The normalized spacial score (nSPS) is 13.1. The Morgan fingerprint density at radius 3 is 1.83 bits per heavy atom. The summed E-state index contributed by atoms with van der Waals surface area (Å²) in [5, 5.41) is 12.6. The molecule has 0 aromatic heterocycles. The number of carboxylic acid groups (broad SMARTS) is 1. The lowest BCUT2D eigenvalue weighted by molar-refractivity contribution is -0.142. The van der Waals surface area contributed by atoms with E-state index >= 15 is 0 Å². The summed E-state index contributed by atoms with van der Waals surface area (Å²) in [6.45, 7) is 0. The molecule has 0 heterocycles. The molecule has 12 heteroatoms. The van der Waals surface area contributed by atoms with Gasteiger partial charge < -0.3 is 10.4 Å². The van der Waals surface area contributed by atoms with Crippen LogP contribution in [0.2, 0.25) is 15.1 Å². The van der Waals surface area contributed by atoms with Gasteiger partial charge in [-0.25, -0.2) is 17.6 Å². The summed E-state index contributed by atoms with van der Waals surface area (Å²) >= 11 is 17.8. The Kier molecular flexibility index (Phi) is 9.32. The van der Waals surface area contributed by atoms with Crippen LogP contribution in [-0.4, -0.2) is 37.5 Å². The molecule has 0 bridgehead atoms. The lowest BCUT2D eigenvalue weighted by Gasteiger charge is -2.22. The summed E-state index contributed by atoms with van der Waals surface area (Å²) in [6.07, 6.45) is -0.259. The Balaban J connectivity index is 1.88. The third-order valence-corrected chi connectivity index (χ3v) is 7.22. The largest absolute Gasteiger partial charge is 0.480 e. The van der Waals surface area contributed by atoms with E-state index in [1.54, 1.807) is 24.3 Å². The molecule has 7 nitrogen and oxygen atoms in total. The van der Waals surface area contributed by atoms with Gasteiger partial charge in [0, 0.05) is 21.5 Å². The fourth-order valence-corrected chi connectivity index (χ4v) is 5.36. The van der Waals surface area contributed by atoms with E-state index in [2.05, 4.69) is 10.0 Å². The fourth-order valence-electron chi connectivity index (χ4n) is 3.31. The summed E-state index contributed by atoms with van der Waals surface area (Å²) in [7, 11) is -4.29. The van der Waals surface area contributed by atoms with Gasteiger partial charge in [0.05, 0.1) is 4.90 Å². The zero-order chi connectivity index (χ0) is 26.5. The molecule has 3 rings (SSSR count). The van der Waals surface area contributed by atoms with E-state index in [1.807, 2.05) is 0 Å². The predicted octanol–water partition coefficient (Wildman–Crippen LogP) is 4.49. The summed E-state index contributed by atoms with van der Waals surface area (Å²) in [4.78, 5) is 24.7. The number of nitrogens with one attached hydrogen (secondary N) is 2. The number of carboxylic acids is 1. The summed E-state index contributed by atoms with van der Waals surface area (Å²) < 4.78 is 41.6. The minimum atomic E-state index is -4.29. The molecule has 0 aliphatic rings. The zero-order valence-electron chi connectivity index (χ0n) is 18.4. The van der Waals surface area contributed by atoms with Crippen LogP contribution in [0.25, 0.3) is 0 Å². The molecule has 2 atom stereocenters. The van der Waals surface area contributed by atoms with Crippen LogP contribution in [0.1, 0.15) is 11.1 Å². The van der Waals surface area contributed by atoms with Crippen molar-refractivity contribution in [2.75, 3.05) is 0 Å². The van der Waals surface area contributed by atoms with Crippen LogP contribution in [-0.2, 0) is 32.5 Å². The van der Waals surface area contributed by atoms with Crippen LogP contribution in [0.4, 0.5) is 4.39 Å². The van der Waals surface area contributed by atoms with Gasteiger partial charge in [-0.05, 0) is 60.0 Å². The minimum Gasteiger partial charge on any atom is -0.480 e. The Labute approximate surface area is 222 Å². The molecule has 0 saturated carbocycles. The first-order chi connectivity index (χ1) is 16.9. The molecule has 0 saturated heterocycles. The van der Waals surface area contributed by atoms with Crippen LogP contribution >= 0.6 is 34.8 Å². The highest BCUT2D eigenvalue weighted by Gasteiger charge is 2.30. The molecule has 0 aliphatic carbocycles. The molecule has 1 amide bonds. The number of amides is 1. The maximum atomic E-state index is 13.2. The number of hydrogen-bond donors (Lipinski definition) is 3. The molecule has 0 unspecified atom stereocenters. The van der Waals surface area contributed by atoms with E-state index in [0.29, 0.717) is 16.1 Å². The highest BCUT2D eigenvalue weighted by atomic mass is 35.5. The van der Waals surface area contributed by atoms with E-state index < -0.39 is 39.8 Å². The first kappa shape index (κ1) is 27.9. The first-order valence-corrected chi connectivity index (χ1v) is 13.0. The lowest BCUT2D eigenvalue weighted by atomic mass is 10.0. The van der Waals surface area contributed by atoms with Crippen LogP contribution in [0.15, 0.2) is 71.6 Å². The van der Waals surface area contributed by atoms with Gasteiger partial charge in [0.15, 0.2) is 0 Å². The van der Waals surface area contributed by atoms with Crippen LogP contribution in [0, 0.1) is 5.82 Å². The second kappa shape index (κ2) is 12.0. The molecule has 3 aromatic rings. The highest BCUT2D eigenvalue weighted by Crippen LogP contribution is 2.23. The SMILES string of the molecule is O=C(O)[C@H](Cc1ccc(F)cc1)NC(=O)[C@H](Cc1ccc(Cl)cc1)NS(=O)(=O)c1cc(Cl)cc(Cl)c1. The standard InChI is InChI=1S/C24H20Cl3FN2O5S/c25-16-5-1-14(2-6-16)9-21(30-36(34,35)20-12-17(26)11-18(27)13-20)23(31)29-22(24(32)33)10-15-3-7-19(28)8-4-15/h1-8,11-13,21-22,30H,9-10H2,(H,29,31)(H,32,33)/t21-,22-/m0/s1. The van der Waals surface area contributed by atoms with E-state index in [0.717, 1.165) is 0 Å². The van der Waals surface area contributed by atoms with Crippen LogP contribution in [0.3, 0.4) is 0 Å². The van der Waals surface area contributed by atoms with Crippen molar-refractivity contribution >= 4 is 56.7 Å². The van der Waals surface area contributed by atoms with Gasteiger partial charge in [-0.1, -0.05) is 59.1 Å². The van der Waals surface area contributed by atoms with Gasteiger partial charge in [0.2, 0.25) is 15.9 Å². The Morgan fingerprint density at radius 2 is 1.31 bits per heavy atom. The quantitative estimate of drug-likeness (QED) is 0.331. The molecule has 0 radical (unpaired) electrons. The van der Waals surface area contributed by atoms with E-state index in [9.17, 15) is 27.5 Å². The average molecular weight is 574 g/mol. The van der Waals surface area contributed by atoms with Gasteiger partial charge in [-0.2, -0.15) is 4.72 Å². The molecule has 0 aliphatic heterocycles. The summed E-state index contributed by atoms with van der Waals surface area (Å²) in [5.74, 6) is -2.72. The maximum absolute atomic E-state index is 13.2.